The van der Waals surface area contributed by atoms with Gasteiger partial charge >= 0.3 is 30.4 Å². The zero-order valence-corrected chi connectivity index (χ0v) is 33.4. The van der Waals surface area contributed by atoms with E-state index in [-0.39, 0.29) is 35.6 Å². The Labute approximate surface area is 327 Å². The van der Waals surface area contributed by atoms with Gasteiger partial charge in [0.05, 0.1) is 23.2 Å². The van der Waals surface area contributed by atoms with Crippen LogP contribution >= 0.6 is 15.9 Å². The van der Waals surface area contributed by atoms with Gasteiger partial charge < -0.3 is 18.8 Å². The number of rotatable bonds is 9. The Morgan fingerprint density at radius 2 is 1.23 bits per heavy atom. The molecule has 1 unspecified atom stereocenters. The number of aryl methyl sites for hydroxylation is 3. The van der Waals surface area contributed by atoms with Gasteiger partial charge in [-0.15, -0.1) is 10.2 Å². The second-order valence-corrected chi connectivity index (χ2v) is 15.5. The maximum atomic E-state index is 13.3. The van der Waals surface area contributed by atoms with Gasteiger partial charge in [0.15, 0.2) is 5.82 Å². The normalized spacial score (nSPS) is 18.4. The van der Waals surface area contributed by atoms with E-state index in [0.717, 1.165) is 50.2 Å². The van der Waals surface area contributed by atoms with Gasteiger partial charge in [-0.1, -0.05) is 5.10 Å². The topological polar surface area (TPSA) is 122 Å². The van der Waals surface area contributed by atoms with Crippen molar-refractivity contribution in [2.24, 2.45) is 17.8 Å². The van der Waals surface area contributed by atoms with Gasteiger partial charge in [-0.3, -0.25) is 0 Å². The molecule has 0 spiro atoms. The number of anilines is 1. The van der Waals surface area contributed by atoms with Gasteiger partial charge in [-0.2, -0.15) is 41.4 Å². The van der Waals surface area contributed by atoms with Gasteiger partial charge in [0.1, 0.15) is 11.5 Å². The molecule has 1 aliphatic heterocycles. The number of ether oxygens (including phenoxy) is 2. The summed E-state index contributed by atoms with van der Waals surface area (Å²) in [6.45, 7) is 14.3. The number of hydrogen-bond acceptors (Lipinski definition) is 10. The van der Waals surface area contributed by atoms with Crippen LogP contribution in [0.15, 0.2) is 45.5 Å². The molecule has 0 N–H and O–H groups in total. The minimum atomic E-state index is -4.45. The highest BCUT2D eigenvalue weighted by atomic mass is 79.9. The van der Waals surface area contributed by atoms with E-state index in [2.05, 4.69) is 51.2 Å². The SMILES string of the molecule is Cc1cc(Oc2nc(Br)nn2C(C)C)cc(C(F)(F)F)c1.Cc1cc(Oc2nc(CC3[C@@H]4CC[C@H]3CN(c3nnc(C)o3)C4)nn2C(C)C)cc(C(F)(F)F)c1. The number of alkyl halides is 6. The fourth-order valence-electron chi connectivity index (χ4n) is 7.14. The predicted molar refractivity (Wildman–Crippen MR) is 196 cm³/mol. The number of aromatic nitrogens is 8. The number of fused-ring (bicyclic) bond motifs is 2. The van der Waals surface area contributed by atoms with Gasteiger partial charge in [0.25, 0.3) is 0 Å². The molecule has 0 amide bonds. The molecular formula is C37H42BrF6N9O3. The fourth-order valence-corrected chi connectivity index (χ4v) is 7.46. The van der Waals surface area contributed by atoms with Crippen molar-refractivity contribution in [2.45, 2.75) is 92.2 Å². The molecule has 12 nitrogen and oxygen atoms in total. The van der Waals surface area contributed by atoms with Crippen molar-refractivity contribution in [1.82, 2.24) is 39.7 Å². The largest absolute Gasteiger partial charge is 0.424 e. The summed E-state index contributed by atoms with van der Waals surface area (Å²) in [4.78, 5) is 10.8. The third-order valence-electron chi connectivity index (χ3n) is 9.60. The van der Waals surface area contributed by atoms with Crippen molar-refractivity contribution >= 4 is 21.9 Å². The molecule has 1 aliphatic carbocycles. The quantitative estimate of drug-likeness (QED) is 0.132. The number of halogens is 7. The summed E-state index contributed by atoms with van der Waals surface area (Å²) < 4.78 is 98.6. The second-order valence-electron chi connectivity index (χ2n) is 14.8. The molecule has 0 radical (unpaired) electrons. The molecule has 1 saturated carbocycles. The highest BCUT2D eigenvalue weighted by Crippen LogP contribution is 2.45. The van der Waals surface area contributed by atoms with E-state index >= 15 is 0 Å². The number of hydrogen-bond donors (Lipinski definition) is 0. The lowest BCUT2D eigenvalue weighted by atomic mass is 9.82. The molecule has 2 aliphatic rings. The Balaban J connectivity index is 0.000000217. The second kappa shape index (κ2) is 16.1. The standard InChI is InChI=1S/C24H29F3N6O2.C13H13BrF3N3O/c1-13(2)33-22(35-19-8-14(3)7-18(9-19)24(25,26)27)28-21(31-33)10-20-16-5-6-17(20)12-32(11-16)23-30-29-15(4)34-23;1-7(2)20-12(18-11(14)19-20)21-10-5-8(3)4-9(6-10)13(15,16)17/h7-9,13,16-17,20H,5-6,10-12H2,1-4H3;4-7H,1-3H3/t16-,17+,20?;. The summed E-state index contributed by atoms with van der Waals surface area (Å²) in [6.07, 6.45) is -5.93. The molecule has 5 aromatic rings. The maximum absolute atomic E-state index is 13.3. The van der Waals surface area contributed by atoms with E-state index in [4.69, 9.17) is 13.9 Å². The van der Waals surface area contributed by atoms with Crippen LogP contribution in [0.3, 0.4) is 0 Å². The van der Waals surface area contributed by atoms with Gasteiger partial charge in [-0.05, 0) is 136 Å². The van der Waals surface area contributed by atoms with Crippen molar-refractivity contribution in [3.63, 3.8) is 0 Å². The summed E-state index contributed by atoms with van der Waals surface area (Å²) in [7, 11) is 0. The van der Waals surface area contributed by atoms with Gasteiger partial charge in [-0.25, -0.2) is 9.36 Å². The Kier molecular flexibility index (Phi) is 11.7. The van der Waals surface area contributed by atoms with Crippen LogP contribution in [0.5, 0.6) is 23.5 Å². The van der Waals surface area contributed by atoms with E-state index in [1.54, 1.807) is 31.5 Å². The Morgan fingerprint density at radius 3 is 1.70 bits per heavy atom. The summed E-state index contributed by atoms with van der Waals surface area (Å²) in [6, 6.07) is 8.03. The number of piperidine rings is 1. The van der Waals surface area contributed by atoms with Crippen LogP contribution in [-0.4, -0.2) is 52.8 Å². The van der Waals surface area contributed by atoms with Crippen LogP contribution in [-0.2, 0) is 18.8 Å². The summed E-state index contributed by atoms with van der Waals surface area (Å²) >= 11 is 3.12. The summed E-state index contributed by atoms with van der Waals surface area (Å²) in [5.41, 5.74) is -0.588. The zero-order valence-electron chi connectivity index (χ0n) is 31.8. The molecule has 7 rings (SSSR count). The average molecular weight is 855 g/mol. The van der Waals surface area contributed by atoms with Gasteiger partial charge in [0.2, 0.25) is 10.6 Å². The van der Waals surface area contributed by atoms with Crippen LogP contribution in [0.1, 0.15) is 86.6 Å². The third-order valence-corrected chi connectivity index (χ3v) is 9.94. The maximum Gasteiger partial charge on any atom is 0.416 e. The molecule has 56 heavy (non-hydrogen) atoms. The summed E-state index contributed by atoms with van der Waals surface area (Å²) in [5.74, 6) is 2.72. The molecule has 2 aromatic carbocycles. The van der Waals surface area contributed by atoms with E-state index in [9.17, 15) is 26.3 Å². The first kappa shape index (κ1) is 41.0. The predicted octanol–water partition coefficient (Wildman–Crippen LogP) is 10.1. The molecular weight excluding hydrogens is 812 g/mol. The lowest BCUT2D eigenvalue weighted by Crippen LogP contribution is -2.43. The van der Waals surface area contributed by atoms with E-state index in [0.29, 0.717) is 57.8 Å². The molecule has 19 heteroatoms. The third kappa shape index (κ3) is 9.64. The highest BCUT2D eigenvalue weighted by molar-refractivity contribution is 9.10. The summed E-state index contributed by atoms with van der Waals surface area (Å²) in [5, 5.41) is 16.9. The first-order valence-electron chi connectivity index (χ1n) is 18.1. The van der Waals surface area contributed by atoms with Crippen molar-refractivity contribution < 1.29 is 40.2 Å². The van der Waals surface area contributed by atoms with Crippen LogP contribution in [0, 0.1) is 38.5 Å². The Morgan fingerprint density at radius 1 is 0.732 bits per heavy atom. The Hall–Kier alpha value is -4.68. The minimum Gasteiger partial charge on any atom is -0.424 e. The molecule has 3 aromatic heterocycles. The van der Waals surface area contributed by atoms with Crippen LogP contribution < -0.4 is 14.4 Å². The molecule has 1 saturated heterocycles. The first-order valence-corrected chi connectivity index (χ1v) is 18.9. The van der Waals surface area contributed by atoms with E-state index in [1.165, 1.54) is 10.7 Å². The van der Waals surface area contributed by atoms with Crippen LogP contribution in [0.2, 0.25) is 0 Å². The first-order chi connectivity index (χ1) is 26.2. The van der Waals surface area contributed by atoms with Crippen molar-refractivity contribution in [3.05, 3.63) is 75.1 Å². The molecule has 2 fully saturated rings. The number of benzene rings is 2. The smallest absolute Gasteiger partial charge is 0.416 e. The van der Waals surface area contributed by atoms with Crippen LogP contribution in [0.4, 0.5) is 32.4 Å². The molecule has 3 atom stereocenters. The lowest BCUT2D eigenvalue weighted by molar-refractivity contribution is -0.138. The molecule has 2 bridgehead atoms. The van der Waals surface area contributed by atoms with Crippen molar-refractivity contribution in [3.8, 4) is 23.5 Å². The number of nitrogens with zero attached hydrogens (tertiary/aromatic N) is 9. The minimum absolute atomic E-state index is 0.0364. The highest BCUT2D eigenvalue weighted by Gasteiger charge is 2.44. The molecule has 302 valence electrons. The van der Waals surface area contributed by atoms with E-state index in [1.807, 2.05) is 27.7 Å². The zero-order chi connectivity index (χ0) is 40.7. The van der Waals surface area contributed by atoms with Gasteiger partial charge in [0, 0.05) is 26.4 Å². The van der Waals surface area contributed by atoms with Crippen molar-refractivity contribution in [2.75, 3.05) is 18.0 Å². The van der Waals surface area contributed by atoms with Crippen LogP contribution in [0.25, 0.3) is 0 Å². The molecule has 4 heterocycles. The Bertz CT molecular complexity index is 2130. The average Bonchev–Trinajstić information content (AvgIpc) is 3.85. The lowest BCUT2D eigenvalue weighted by Gasteiger charge is -2.36. The van der Waals surface area contributed by atoms with Crippen molar-refractivity contribution in [1.29, 1.82) is 0 Å². The fraction of sp³-hybridized carbons (Fsp3) is 0.514. The van der Waals surface area contributed by atoms with E-state index < -0.39 is 23.5 Å². The monoisotopic (exact) mass is 853 g/mol.